The van der Waals surface area contributed by atoms with E-state index in [1.54, 1.807) is 12.1 Å². The lowest BCUT2D eigenvalue weighted by molar-refractivity contribution is 0.104. The van der Waals surface area contributed by atoms with E-state index in [9.17, 15) is 9.90 Å². The molecule has 0 atom stereocenters. The van der Waals surface area contributed by atoms with Crippen LogP contribution in [-0.2, 0) is 0 Å². The van der Waals surface area contributed by atoms with Crippen molar-refractivity contribution in [1.82, 2.24) is 0 Å². The van der Waals surface area contributed by atoms with Crippen LogP contribution in [0.1, 0.15) is 22.8 Å². The molecular weight excluding hydrogens is 308 g/mol. The minimum atomic E-state index is -0.360. The summed E-state index contributed by atoms with van der Waals surface area (Å²) in [7, 11) is 2.91. The zero-order chi connectivity index (χ0) is 17.5. The second kappa shape index (κ2) is 8.06. The Bertz CT molecular complexity index is 732. The molecule has 0 aliphatic rings. The molecule has 0 radical (unpaired) electrons. The zero-order valence-electron chi connectivity index (χ0n) is 13.9. The van der Waals surface area contributed by atoms with Gasteiger partial charge in [0.25, 0.3) is 0 Å². The first kappa shape index (κ1) is 17.4. The maximum absolute atomic E-state index is 12.4. The average Bonchev–Trinajstić information content (AvgIpc) is 2.60. The van der Waals surface area contributed by atoms with Crippen molar-refractivity contribution in [3.63, 3.8) is 0 Å². The van der Waals surface area contributed by atoms with Gasteiger partial charge in [0.2, 0.25) is 0 Å². The third-order valence-electron chi connectivity index (χ3n) is 3.38. The molecule has 0 amide bonds. The number of carbonyl (C=O) groups excluding carboxylic acids is 1. The molecule has 0 unspecified atom stereocenters. The second-order valence-electron chi connectivity index (χ2n) is 4.92. The van der Waals surface area contributed by atoms with Crippen LogP contribution in [0, 0.1) is 0 Å². The maximum Gasteiger partial charge on any atom is 0.193 e. The summed E-state index contributed by atoms with van der Waals surface area (Å²) in [5.41, 5.74) is 0.944. The third-order valence-corrected chi connectivity index (χ3v) is 3.38. The van der Waals surface area contributed by atoms with E-state index in [1.807, 2.05) is 31.2 Å². The topological polar surface area (TPSA) is 65.0 Å². The van der Waals surface area contributed by atoms with Crippen molar-refractivity contribution in [1.29, 1.82) is 0 Å². The lowest BCUT2D eigenvalue weighted by Gasteiger charge is -2.10. The molecule has 0 aromatic heterocycles. The van der Waals surface area contributed by atoms with E-state index in [1.165, 1.54) is 26.4 Å². The van der Waals surface area contributed by atoms with E-state index >= 15 is 0 Å². The fourth-order valence-corrected chi connectivity index (χ4v) is 2.20. The number of allylic oxidation sites excluding steroid dienone is 1. The summed E-state index contributed by atoms with van der Waals surface area (Å²) in [5, 5.41) is 10.1. The molecule has 0 spiro atoms. The molecule has 1 N–H and O–H groups in total. The largest absolute Gasteiger partial charge is 0.507 e. The van der Waals surface area contributed by atoms with Crippen LogP contribution in [0.15, 0.2) is 42.5 Å². The summed E-state index contributed by atoms with van der Waals surface area (Å²) in [6, 6.07) is 10.3. The normalized spacial score (nSPS) is 10.6. The summed E-state index contributed by atoms with van der Waals surface area (Å²) in [6.07, 6.45) is 3.06. The Morgan fingerprint density at radius 3 is 2.38 bits per heavy atom. The first-order valence-electron chi connectivity index (χ1n) is 7.49. The number of aromatic hydroxyl groups is 1. The molecule has 24 heavy (non-hydrogen) atoms. The highest BCUT2D eigenvalue weighted by atomic mass is 16.5. The predicted octanol–water partition coefficient (Wildman–Crippen LogP) is 3.70. The lowest BCUT2D eigenvalue weighted by Crippen LogP contribution is -2.00. The van der Waals surface area contributed by atoms with Crippen LogP contribution in [0.2, 0.25) is 0 Å². The molecule has 2 rings (SSSR count). The Hall–Kier alpha value is -2.95. The van der Waals surface area contributed by atoms with Gasteiger partial charge < -0.3 is 19.3 Å². The van der Waals surface area contributed by atoms with Gasteiger partial charge in [-0.3, -0.25) is 4.79 Å². The van der Waals surface area contributed by atoms with Crippen molar-refractivity contribution in [2.75, 3.05) is 20.8 Å². The summed E-state index contributed by atoms with van der Waals surface area (Å²) >= 11 is 0. The highest BCUT2D eigenvalue weighted by Crippen LogP contribution is 2.33. The molecule has 0 aliphatic carbocycles. The number of phenols is 1. The van der Waals surface area contributed by atoms with E-state index in [-0.39, 0.29) is 22.8 Å². The smallest absolute Gasteiger partial charge is 0.193 e. The number of hydrogen-bond donors (Lipinski definition) is 1. The Morgan fingerprint density at radius 2 is 1.79 bits per heavy atom. The number of methoxy groups -OCH3 is 2. The van der Waals surface area contributed by atoms with Crippen molar-refractivity contribution in [2.24, 2.45) is 0 Å². The number of rotatable bonds is 7. The summed E-state index contributed by atoms with van der Waals surface area (Å²) < 4.78 is 15.6. The molecule has 2 aromatic carbocycles. The van der Waals surface area contributed by atoms with Gasteiger partial charge in [-0.05, 0) is 30.7 Å². The van der Waals surface area contributed by atoms with Gasteiger partial charge in [-0.1, -0.05) is 18.2 Å². The van der Waals surface area contributed by atoms with Crippen molar-refractivity contribution in [2.45, 2.75) is 6.92 Å². The molecule has 0 bridgehead atoms. The van der Waals surface area contributed by atoms with E-state index in [0.717, 1.165) is 11.3 Å². The Morgan fingerprint density at radius 1 is 1.08 bits per heavy atom. The first-order chi connectivity index (χ1) is 11.6. The quantitative estimate of drug-likeness (QED) is 0.620. The van der Waals surface area contributed by atoms with Crippen molar-refractivity contribution in [3.8, 4) is 23.0 Å². The summed E-state index contributed by atoms with van der Waals surface area (Å²) in [6.45, 7) is 2.52. The highest BCUT2D eigenvalue weighted by Gasteiger charge is 2.17. The van der Waals surface area contributed by atoms with Gasteiger partial charge in [0.1, 0.15) is 28.6 Å². The molecule has 5 heteroatoms. The van der Waals surface area contributed by atoms with Gasteiger partial charge in [-0.15, -0.1) is 0 Å². The number of phenolic OH excluding ortho intramolecular Hbond substituents is 1. The van der Waals surface area contributed by atoms with E-state index < -0.39 is 0 Å². The number of ketones is 1. The van der Waals surface area contributed by atoms with Crippen LogP contribution < -0.4 is 14.2 Å². The Labute approximate surface area is 141 Å². The molecule has 0 saturated carbocycles. The number of benzene rings is 2. The molecule has 5 nitrogen and oxygen atoms in total. The van der Waals surface area contributed by atoms with Gasteiger partial charge in [-0.25, -0.2) is 0 Å². The van der Waals surface area contributed by atoms with Crippen LogP contribution in [0.4, 0.5) is 0 Å². The molecule has 2 aromatic rings. The van der Waals surface area contributed by atoms with Crippen molar-refractivity contribution < 1.29 is 24.1 Å². The van der Waals surface area contributed by atoms with Gasteiger partial charge in [0.05, 0.1) is 20.8 Å². The molecule has 0 heterocycles. The average molecular weight is 328 g/mol. The molecular formula is C19H20O5. The van der Waals surface area contributed by atoms with E-state index in [2.05, 4.69) is 0 Å². The van der Waals surface area contributed by atoms with Crippen LogP contribution in [0.3, 0.4) is 0 Å². The second-order valence-corrected chi connectivity index (χ2v) is 4.92. The van der Waals surface area contributed by atoms with E-state index in [4.69, 9.17) is 14.2 Å². The fraction of sp³-hybridized carbons (Fsp3) is 0.211. The standard InChI is InChI=1S/C19H20O5/c1-4-24-14-8-5-13(6-9-14)7-10-16(20)19-17(21)11-15(22-2)12-18(19)23-3/h5-12,21H,4H2,1-3H3/b10-7+. The number of carbonyl (C=O) groups is 1. The predicted molar refractivity (Wildman–Crippen MR) is 92.2 cm³/mol. The van der Waals surface area contributed by atoms with E-state index in [0.29, 0.717) is 12.4 Å². The maximum atomic E-state index is 12.4. The van der Waals surface area contributed by atoms with Crippen LogP contribution >= 0.6 is 0 Å². The van der Waals surface area contributed by atoms with Crippen molar-refractivity contribution >= 4 is 11.9 Å². The fourth-order valence-electron chi connectivity index (χ4n) is 2.20. The third kappa shape index (κ3) is 4.07. The van der Waals surface area contributed by atoms with Crippen LogP contribution in [0.5, 0.6) is 23.0 Å². The van der Waals surface area contributed by atoms with Gasteiger partial charge in [-0.2, -0.15) is 0 Å². The van der Waals surface area contributed by atoms with Crippen molar-refractivity contribution in [3.05, 3.63) is 53.6 Å². The zero-order valence-corrected chi connectivity index (χ0v) is 13.9. The summed E-state index contributed by atoms with van der Waals surface area (Å²) in [4.78, 5) is 12.4. The van der Waals surface area contributed by atoms with Gasteiger partial charge in [0, 0.05) is 12.1 Å². The molecule has 0 fully saturated rings. The SMILES string of the molecule is CCOc1ccc(/C=C/C(=O)c2c(O)cc(OC)cc2OC)cc1. The lowest BCUT2D eigenvalue weighted by atomic mass is 10.1. The minimum Gasteiger partial charge on any atom is -0.507 e. The Kier molecular flexibility index (Phi) is 5.84. The minimum absolute atomic E-state index is 0.0977. The first-order valence-corrected chi connectivity index (χ1v) is 7.49. The Balaban J connectivity index is 2.23. The van der Waals surface area contributed by atoms with Gasteiger partial charge >= 0.3 is 0 Å². The van der Waals surface area contributed by atoms with Crippen LogP contribution in [0.25, 0.3) is 6.08 Å². The summed E-state index contributed by atoms with van der Waals surface area (Å²) in [5.74, 6) is 0.897. The monoisotopic (exact) mass is 328 g/mol. The molecule has 126 valence electrons. The molecule has 0 saturated heterocycles. The molecule has 0 aliphatic heterocycles. The van der Waals surface area contributed by atoms with Crippen LogP contribution in [-0.4, -0.2) is 31.7 Å². The number of ether oxygens (including phenoxy) is 3. The highest BCUT2D eigenvalue weighted by molar-refractivity contribution is 6.10. The van der Waals surface area contributed by atoms with Gasteiger partial charge in [0.15, 0.2) is 5.78 Å². The number of hydrogen-bond acceptors (Lipinski definition) is 5.